The fraction of sp³-hybridized carbons (Fsp3) is 0.727. The van der Waals surface area contributed by atoms with Gasteiger partial charge < -0.3 is 14.9 Å². The molecule has 0 fully saturated rings. The molecule has 1 aromatic rings. The fourth-order valence-electron chi connectivity index (χ4n) is 5.38. The van der Waals surface area contributed by atoms with Gasteiger partial charge in [-0.15, -0.1) is 0 Å². The second-order valence-electron chi connectivity index (χ2n) is 10.8. The molecule has 6 nitrogen and oxygen atoms in total. The Kier molecular flexibility index (Phi) is 18.2. The number of carbonyl (C=O) groups excluding carboxylic acids is 1. The molecule has 0 atom stereocenters. The van der Waals surface area contributed by atoms with Crippen molar-refractivity contribution in [3.63, 3.8) is 0 Å². The number of aromatic carboxylic acids is 2. The van der Waals surface area contributed by atoms with Crippen molar-refractivity contribution in [2.75, 3.05) is 6.61 Å². The average molecular weight is 547 g/mol. The first-order valence-electron chi connectivity index (χ1n) is 15.7. The van der Waals surface area contributed by atoms with Crippen LogP contribution in [0.25, 0.3) is 0 Å². The van der Waals surface area contributed by atoms with Crippen LogP contribution in [-0.2, 0) is 24.0 Å². The lowest BCUT2D eigenvalue weighted by atomic mass is 9.80. The van der Waals surface area contributed by atoms with E-state index < -0.39 is 17.9 Å². The maximum absolute atomic E-state index is 13.5. The Hall–Kier alpha value is -2.37. The number of carbonyl (C=O) groups is 3. The quantitative estimate of drug-likeness (QED) is 0.105. The first-order valence-corrected chi connectivity index (χ1v) is 15.7. The van der Waals surface area contributed by atoms with E-state index in [0.717, 1.165) is 89.9 Å². The van der Waals surface area contributed by atoms with E-state index in [9.17, 15) is 24.6 Å². The van der Waals surface area contributed by atoms with Gasteiger partial charge in [-0.05, 0) is 61.6 Å². The zero-order chi connectivity index (χ0) is 29.0. The minimum absolute atomic E-state index is 0.0188. The third-order valence-corrected chi connectivity index (χ3v) is 7.53. The summed E-state index contributed by atoms with van der Waals surface area (Å²) in [6, 6.07) is 0. The molecule has 2 N–H and O–H groups in total. The predicted molar refractivity (Wildman–Crippen MR) is 158 cm³/mol. The molecule has 0 spiro atoms. The SMILES string of the molecule is CCCCCCOC(=O)c1c(CCCCCC)c(C(=O)O)c(CCCCCC)c(CCCCCC)c1C(=O)O. The molecule has 0 radical (unpaired) electrons. The van der Waals surface area contributed by atoms with Gasteiger partial charge in [0.2, 0.25) is 0 Å². The van der Waals surface area contributed by atoms with E-state index in [1.807, 2.05) is 0 Å². The highest BCUT2D eigenvalue weighted by Gasteiger charge is 2.33. The highest BCUT2D eigenvalue weighted by atomic mass is 16.5. The molecular weight excluding hydrogens is 492 g/mol. The van der Waals surface area contributed by atoms with Crippen LogP contribution in [0, 0.1) is 0 Å². The highest BCUT2D eigenvalue weighted by molar-refractivity contribution is 6.08. The maximum atomic E-state index is 13.5. The van der Waals surface area contributed by atoms with Gasteiger partial charge in [0.25, 0.3) is 0 Å². The molecule has 0 amide bonds. The molecule has 1 aromatic carbocycles. The summed E-state index contributed by atoms with van der Waals surface area (Å²) in [4.78, 5) is 39.2. The van der Waals surface area contributed by atoms with Crippen LogP contribution in [0.15, 0.2) is 0 Å². The first-order chi connectivity index (χ1) is 18.8. The third-order valence-electron chi connectivity index (χ3n) is 7.53. The zero-order valence-electron chi connectivity index (χ0n) is 25.2. The molecule has 0 aromatic heterocycles. The number of carboxylic acid groups (broad SMARTS) is 2. The van der Waals surface area contributed by atoms with Gasteiger partial charge in [-0.2, -0.15) is 0 Å². The van der Waals surface area contributed by atoms with Gasteiger partial charge in [0, 0.05) is 0 Å². The van der Waals surface area contributed by atoms with Gasteiger partial charge in [-0.3, -0.25) is 0 Å². The minimum Gasteiger partial charge on any atom is -0.478 e. The Labute approximate surface area is 236 Å². The Morgan fingerprint density at radius 2 is 0.872 bits per heavy atom. The lowest BCUT2D eigenvalue weighted by Gasteiger charge is -2.23. The van der Waals surface area contributed by atoms with Crippen LogP contribution in [0.5, 0.6) is 0 Å². The standard InChI is InChI=1S/C33H54O6/c1-5-9-13-17-21-25-26(22-18-14-10-6-2)29(32(36)37)30(33(38)39-24-20-16-12-8-4)27(28(25)31(34)35)23-19-15-11-7-3/h5-24H2,1-4H3,(H,34,35)(H,36,37). The van der Waals surface area contributed by atoms with Crippen LogP contribution < -0.4 is 0 Å². The van der Waals surface area contributed by atoms with Crippen molar-refractivity contribution in [1.82, 2.24) is 0 Å². The summed E-state index contributed by atoms with van der Waals surface area (Å²) in [7, 11) is 0. The van der Waals surface area contributed by atoms with Gasteiger partial charge in [0.1, 0.15) is 0 Å². The number of carboxylic acids is 2. The zero-order valence-corrected chi connectivity index (χ0v) is 25.2. The monoisotopic (exact) mass is 546 g/mol. The second kappa shape index (κ2) is 20.5. The van der Waals surface area contributed by atoms with Gasteiger partial charge in [0.05, 0.1) is 23.3 Å². The minimum atomic E-state index is -1.17. The molecule has 0 bridgehead atoms. The number of ether oxygens (including phenoxy) is 1. The number of benzene rings is 1. The molecule has 0 aliphatic rings. The Morgan fingerprint density at radius 3 is 1.28 bits per heavy atom. The number of hydrogen-bond donors (Lipinski definition) is 2. The van der Waals surface area contributed by atoms with Gasteiger partial charge in [-0.25, -0.2) is 14.4 Å². The van der Waals surface area contributed by atoms with Crippen LogP contribution in [-0.4, -0.2) is 34.7 Å². The van der Waals surface area contributed by atoms with Crippen LogP contribution in [0.2, 0.25) is 0 Å². The van der Waals surface area contributed by atoms with Crippen molar-refractivity contribution >= 4 is 17.9 Å². The van der Waals surface area contributed by atoms with Crippen LogP contribution >= 0.6 is 0 Å². The van der Waals surface area contributed by atoms with Crippen molar-refractivity contribution < 1.29 is 29.3 Å². The van der Waals surface area contributed by atoms with Gasteiger partial charge in [0.15, 0.2) is 0 Å². The average Bonchev–Trinajstić information content (AvgIpc) is 2.90. The molecule has 0 aliphatic carbocycles. The van der Waals surface area contributed by atoms with E-state index in [4.69, 9.17) is 4.74 Å². The summed E-state index contributed by atoms with van der Waals surface area (Å²) >= 11 is 0. The summed E-state index contributed by atoms with van der Waals surface area (Å²) in [5, 5.41) is 21.0. The first kappa shape index (κ1) is 34.7. The topological polar surface area (TPSA) is 101 Å². The lowest BCUT2D eigenvalue weighted by Crippen LogP contribution is -2.24. The molecule has 222 valence electrons. The van der Waals surface area contributed by atoms with Crippen molar-refractivity contribution in [2.24, 2.45) is 0 Å². The molecule has 0 saturated carbocycles. The van der Waals surface area contributed by atoms with Crippen LogP contribution in [0.1, 0.15) is 178 Å². The summed E-state index contributed by atoms with van der Waals surface area (Å²) in [5.74, 6) is -2.93. The number of rotatable bonds is 23. The Bertz CT molecular complexity index is 889. The van der Waals surface area contributed by atoms with Crippen molar-refractivity contribution in [3.05, 3.63) is 33.4 Å². The summed E-state index contributed by atoms with van der Waals surface area (Å²) in [5.41, 5.74) is 1.62. The summed E-state index contributed by atoms with van der Waals surface area (Å²) < 4.78 is 5.62. The number of esters is 1. The Morgan fingerprint density at radius 1 is 0.487 bits per heavy atom. The predicted octanol–water partition coefficient (Wildman–Crippen LogP) is 9.19. The third kappa shape index (κ3) is 11.7. The molecule has 6 heteroatoms. The van der Waals surface area contributed by atoms with E-state index >= 15 is 0 Å². The van der Waals surface area contributed by atoms with Crippen molar-refractivity contribution in [1.29, 1.82) is 0 Å². The molecule has 1 rings (SSSR count). The number of unbranched alkanes of at least 4 members (excludes halogenated alkanes) is 12. The van der Waals surface area contributed by atoms with Gasteiger partial charge >= 0.3 is 17.9 Å². The molecule has 0 unspecified atom stereocenters. The van der Waals surface area contributed by atoms with Gasteiger partial charge in [-0.1, -0.05) is 105 Å². The van der Waals surface area contributed by atoms with Crippen LogP contribution in [0.4, 0.5) is 0 Å². The van der Waals surface area contributed by atoms with Crippen LogP contribution in [0.3, 0.4) is 0 Å². The normalized spacial score (nSPS) is 11.1. The molecule has 0 saturated heterocycles. The van der Waals surface area contributed by atoms with E-state index in [-0.39, 0.29) is 23.3 Å². The summed E-state index contributed by atoms with van der Waals surface area (Å²) in [6.45, 7) is 8.66. The maximum Gasteiger partial charge on any atom is 0.339 e. The van der Waals surface area contributed by atoms with E-state index in [1.54, 1.807) is 0 Å². The van der Waals surface area contributed by atoms with E-state index in [2.05, 4.69) is 27.7 Å². The Balaban J connectivity index is 3.75. The lowest BCUT2D eigenvalue weighted by molar-refractivity contribution is 0.0485. The van der Waals surface area contributed by atoms with E-state index in [1.165, 1.54) is 0 Å². The fourth-order valence-corrected chi connectivity index (χ4v) is 5.38. The summed E-state index contributed by atoms with van der Waals surface area (Å²) in [6.07, 6.45) is 16.3. The highest BCUT2D eigenvalue weighted by Crippen LogP contribution is 2.34. The molecule has 39 heavy (non-hydrogen) atoms. The van der Waals surface area contributed by atoms with Crippen molar-refractivity contribution in [3.8, 4) is 0 Å². The second-order valence-corrected chi connectivity index (χ2v) is 10.8. The van der Waals surface area contributed by atoms with E-state index in [0.29, 0.717) is 48.8 Å². The molecule has 0 aliphatic heterocycles. The number of hydrogen-bond acceptors (Lipinski definition) is 4. The molecule has 0 heterocycles. The molecular formula is C33H54O6. The smallest absolute Gasteiger partial charge is 0.339 e. The van der Waals surface area contributed by atoms with Crippen molar-refractivity contribution in [2.45, 2.75) is 150 Å². The largest absolute Gasteiger partial charge is 0.478 e.